The molecule has 43 heavy (non-hydrogen) atoms. The first-order chi connectivity index (χ1) is 20.6. The fourth-order valence-electron chi connectivity index (χ4n) is 4.55. The van der Waals surface area contributed by atoms with Gasteiger partial charge in [0.2, 0.25) is 21.8 Å². The van der Waals surface area contributed by atoms with Crippen molar-refractivity contribution >= 4 is 27.5 Å². The predicted molar refractivity (Wildman–Crippen MR) is 165 cm³/mol. The van der Waals surface area contributed by atoms with E-state index in [2.05, 4.69) is 5.32 Å². The van der Waals surface area contributed by atoms with Crippen LogP contribution in [-0.2, 0) is 32.6 Å². The van der Waals surface area contributed by atoms with Crippen LogP contribution in [0, 0.1) is 5.82 Å². The Labute approximate surface area is 251 Å². The molecule has 4 rings (SSSR count). The second-order valence-electron chi connectivity index (χ2n) is 9.93. The van der Waals surface area contributed by atoms with Crippen molar-refractivity contribution in [2.24, 2.45) is 0 Å². The molecule has 2 amide bonds. The van der Waals surface area contributed by atoms with Gasteiger partial charge in [-0.05, 0) is 66.6 Å². The van der Waals surface area contributed by atoms with Crippen LogP contribution < -0.4 is 14.4 Å². The van der Waals surface area contributed by atoms with Gasteiger partial charge >= 0.3 is 0 Å². The molecule has 0 unspecified atom stereocenters. The normalized spacial score (nSPS) is 11.8. The lowest BCUT2D eigenvalue weighted by Crippen LogP contribution is -2.53. The van der Waals surface area contributed by atoms with Gasteiger partial charge in [0, 0.05) is 19.5 Å². The number of carbonyl (C=O) groups excluding carboxylic acids is 2. The van der Waals surface area contributed by atoms with Gasteiger partial charge in [0.05, 0.1) is 11.9 Å². The summed E-state index contributed by atoms with van der Waals surface area (Å²) in [7, 11) is -3.92. The first-order valence-corrected chi connectivity index (χ1v) is 15.6. The molecular formula is C33H34FN3O5S. The summed E-state index contributed by atoms with van der Waals surface area (Å²) >= 11 is 0. The first-order valence-electron chi connectivity index (χ1n) is 13.8. The number of carbonyl (C=O) groups is 2. The highest BCUT2D eigenvalue weighted by atomic mass is 32.2. The number of sulfonamides is 1. The van der Waals surface area contributed by atoms with E-state index < -0.39 is 34.3 Å². The van der Waals surface area contributed by atoms with Crippen LogP contribution in [0.5, 0.6) is 11.5 Å². The lowest BCUT2D eigenvalue weighted by Gasteiger charge is -2.33. The maximum atomic E-state index is 14.0. The molecular weight excluding hydrogens is 569 g/mol. The lowest BCUT2D eigenvalue weighted by molar-refractivity contribution is -0.140. The third-order valence-electron chi connectivity index (χ3n) is 6.67. The molecule has 0 fully saturated rings. The van der Waals surface area contributed by atoms with E-state index in [1.54, 1.807) is 43.3 Å². The van der Waals surface area contributed by atoms with Gasteiger partial charge in [-0.25, -0.2) is 12.8 Å². The van der Waals surface area contributed by atoms with E-state index in [0.717, 1.165) is 16.1 Å². The zero-order chi connectivity index (χ0) is 30.8. The number of anilines is 1. The van der Waals surface area contributed by atoms with Crippen molar-refractivity contribution < 1.29 is 27.1 Å². The van der Waals surface area contributed by atoms with E-state index in [4.69, 9.17) is 4.74 Å². The molecule has 224 valence electrons. The monoisotopic (exact) mass is 603 g/mol. The summed E-state index contributed by atoms with van der Waals surface area (Å²) in [6, 6.07) is 29.4. The van der Waals surface area contributed by atoms with Crippen LogP contribution in [0.2, 0.25) is 0 Å². The van der Waals surface area contributed by atoms with Gasteiger partial charge in [-0.1, -0.05) is 60.7 Å². The summed E-state index contributed by atoms with van der Waals surface area (Å²) in [4.78, 5) is 28.8. The number of amides is 2. The smallest absolute Gasteiger partial charge is 0.244 e. The highest BCUT2D eigenvalue weighted by Gasteiger charge is 2.32. The number of benzene rings is 4. The zero-order valence-corrected chi connectivity index (χ0v) is 24.8. The van der Waals surface area contributed by atoms with Crippen LogP contribution >= 0.6 is 0 Å². The predicted octanol–water partition coefficient (Wildman–Crippen LogP) is 5.16. The van der Waals surface area contributed by atoms with Crippen molar-refractivity contribution in [1.29, 1.82) is 0 Å². The minimum Gasteiger partial charge on any atom is -0.457 e. The summed E-state index contributed by atoms with van der Waals surface area (Å²) in [6.45, 7) is 1.54. The molecule has 0 saturated heterocycles. The highest BCUT2D eigenvalue weighted by molar-refractivity contribution is 7.92. The Morgan fingerprint density at radius 3 is 1.98 bits per heavy atom. The van der Waals surface area contributed by atoms with Crippen LogP contribution in [-0.4, -0.2) is 50.5 Å². The van der Waals surface area contributed by atoms with Crippen LogP contribution in [0.4, 0.5) is 10.1 Å². The molecule has 0 bridgehead atoms. The summed E-state index contributed by atoms with van der Waals surface area (Å²) < 4.78 is 46.4. The summed E-state index contributed by atoms with van der Waals surface area (Å²) in [5, 5.41) is 2.80. The molecule has 0 saturated carbocycles. The van der Waals surface area contributed by atoms with Crippen molar-refractivity contribution in [3.05, 3.63) is 126 Å². The fraction of sp³-hybridized carbons (Fsp3) is 0.212. The Kier molecular flexibility index (Phi) is 10.5. The Bertz CT molecular complexity index is 1600. The van der Waals surface area contributed by atoms with Gasteiger partial charge in [0.15, 0.2) is 0 Å². The molecule has 0 heterocycles. The maximum Gasteiger partial charge on any atom is 0.244 e. The average Bonchev–Trinajstić information content (AvgIpc) is 2.99. The first kappa shape index (κ1) is 31.2. The Morgan fingerprint density at radius 1 is 0.814 bits per heavy atom. The highest BCUT2D eigenvalue weighted by Crippen LogP contribution is 2.26. The molecule has 8 nitrogen and oxygen atoms in total. The zero-order valence-electron chi connectivity index (χ0n) is 24.0. The van der Waals surface area contributed by atoms with E-state index in [0.29, 0.717) is 23.6 Å². The van der Waals surface area contributed by atoms with Crippen molar-refractivity contribution in [2.75, 3.05) is 23.7 Å². The third-order valence-corrected chi connectivity index (χ3v) is 7.81. The van der Waals surface area contributed by atoms with E-state index >= 15 is 0 Å². The van der Waals surface area contributed by atoms with Crippen molar-refractivity contribution in [2.45, 2.75) is 25.9 Å². The SMILES string of the molecule is CCNC(=O)[C@H](Cc1ccccc1)N(Cc1ccc(F)cc1)C(=O)CN(c1ccc(Oc2ccccc2)cc1)S(C)(=O)=O. The minimum atomic E-state index is -3.92. The number of nitrogens with zero attached hydrogens (tertiary/aromatic N) is 2. The molecule has 4 aromatic carbocycles. The number of nitrogens with one attached hydrogen (secondary N) is 1. The minimum absolute atomic E-state index is 0.0325. The number of ether oxygens (including phenoxy) is 1. The molecule has 0 radical (unpaired) electrons. The van der Waals surface area contributed by atoms with Crippen molar-refractivity contribution in [3.8, 4) is 11.5 Å². The van der Waals surface area contributed by atoms with E-state index in [-0.39, 0.29) is 24.6 Å². The van der Waals surface area contributed by atoms with Gasteiger partial charge < -0.3 is 15.0 Å². The van der Waals surface area contributed by atoms with Crippen LogP contribution in [0.15, 0.2) is 109 Å². The molecule has 1 atom stereocenters. The summed E-state index contributed by atoms with van der Waals surface area (Å²) in [5.41, 5.74) is 1.67. The number of halogens is 1. The molecule has 1 N–H and O–H groups in total. The Hall–Kier alpha value is -4.70. The fourth-order valence-corrected chi connectivity index (χ4v) is 5.40. The number of hydrogen-bond acceptors (Lipinski definition) is 5. The van der Waals surface area contributed by atoms with E-state index in [9.17, 15) is 22.4 Å². The molecule has 4 aromatic rings. The van der Waals surface area contributed by atoms with Crippen LogP contribution in [0.25, 0.3) is 0 Å². The molecule has 0 aliphatic carbocycles. The number of rotatable bonds is 13. The molecule has 0 aliphatic rings. The molecule has 0 aliphatic heterocycles. The number of para-hydroxylation sites is 1. The van der Waals surface area contributed by atoms with Gasteiger partial charge in [-0.2, -0.15) is 0 Å². The van der Waals surface area contributed by atoms with Gasteiger partial charge in [-0.15, -0.1) is 0 Å². The number of likely N-dealkylation sites (N-methyl/N-ethyl adjacent to an activating group) is 1. The molecule has 0 aromatic heterocycles. The lowest BCUT2D eigenvalue weighted by atomic mass is 10.0. The second-order valence-corrected chi connectivity index (χ2v) is 11.8. The van der Waals surface area contributed by atoms with Crippen LogP contribution in [0.1, 0.15) is 18.1 Å². The van der Waals surface area contributed by atoms with Crippen molar-refractivity contribution in [3.63, 3.8) is 0 Å². The standard InChI is InChI=1S/C33H34FN3O5S/c1-3-35-33(39)31(22-25-10-6-4-7-11-25)36(23-26-14-16-27(34)17-15-26)32(38)24-37(43(2,40)41)28-18-20-30(21-19-28)42-29-12-8-5-9-13-29/h4-21,31H,3,22-24H2,1-2H3,(H,35,39)/t31-/m0/s1. The molecule has 10 heteroatoms. The summed E-state index contributed by atoms with van der Waals surface area (Å²) in [5.74, 6) is -0.292. The van der Waals surface area contributed by atoms with Gasteiger partial charge in [0.25, 0.3) is 0 Å². The van der Waals surface area contributed by atoms with Crippen LogP contribution in [0.3, 0.4) is 0 Å². The van der Waals surface area contributed by atoms with E-state index in [1.165, 1.54) is 29.2 Å². The largest absolute Gasteiger partial charge is 0.457 e. The van der Waals surface area contributed by atoms with Gasteiger partial charge in [-0.3, -0.25) is 13.9 Å². The third kappa shape index (κ3) is 8.89. The summed E-state index contributed by atoms with van der Waals surface area (Å²) in [6.07, 6.45) is 1.22. The Morgan fingerprint density at radius 2 is 1.40 bits per heavy atom. The second kappa shape index (κ2) is 14.5. The maximum absolute atomic E-state index is 14.0. The van der Waals surface area contributed by atoms with Crippen molar-refractivity contribution in [1.82, 2.24) is 10.2 Å². The number of hydrogen-bond donors (Lipinski definition) is 1. The van der Waals surface area contributed by atoms with E-state index in [1.807, 2.05) is 48.5 Å². The van der Waals surface area contributed by atoms with Gasteiger partial charge in [0.1, 0.15) is 29.9 Å². The Balaban J connectivity index is 1.65. The molecule has 0 spiro atoms. The average molecular weight is 604 g/mol. The quantitative estimate of drug-likeness (QED) is 0.228. The topological polar surface area (TPSA) is 96.0 Å².